The molecule has 0 saturated heterocycles. The van der Waals surface area contributed by atoms with Gasteiger partial charge in [0.05, 0.1) is 12.0 Å². The Bertz CT molecular complexity index is 567. The molecule has 0 spiro atoms. The predicted octanol–water partition coefficient (Wildman–Crippen LogP) is 2.88. The molecule has 0 aromatic heterocycles. The first kappa shape index (κ1) is 9.92. The number of phenols is 1. The maximum Gasteiger partial charge on any atom is 0.124 e. The third kappa shape index (κ3) is 1.45. The van der Waals surface area contributed by atoms with Gasteiger partial charge in [-0.25, -0.2) is 5.26 Å². The topological polar surface area (TPSA) is 58.9 Å². The molecule has 82 valence electrons. The summed E-state index contributed by atoms with van der Waals surface area (Å²) in [4.78, 5) is 0.670. The molecule has 5 heteroatoms. The Kier molecular flexibility index (Phi) is 2.26. The fourth-order valence-corrected chi connectivity index (χ4v) is 2.50. The molecule has 0 amide bonds. The highest BCUT2D eigenvalue weighted by Crippen LogP contribution is 2.39. The van der Waals surface area contributed by atoms with Crippen LogP contribution in [-0.2, 0) is 15.8 Å². The molecule has 2 aromatic carbocycles. The van der Waals surface area contributed by atoms with Gasteiger partial charge in [0.25, 0.3) is 0 Å². The lowest BCUT2D eigenvalue weighted by Gasteiger charge is -2.19. The molecule has 2 aromatic rings. The molecule has 0 heterocycles. The average Bonchev–Trinajstić information content (AvgIpc) is 2.24. The summed E-state index contributed by atoms with van der Waals surface area (Å²) >= 11 is 0.843. The minimum absolute atomic E-state index is 0.225. The summed E-state index contributed by atoms with van der Waals surface area (Å²) < 4.78 is 4.33. The van der Waals surface area contributed by atoms with Gasteiger partial charge >= 0.3 is 0 Å². The minimum Gasteiger partial charge on any atom is -0.507 e. The third-order valence-electron chi connectivity index (χ3n) is 2.70. The number of hydrogen-bond donors (Lipinski definition) is 2. The van der Waals surface area contributed by atoms with Crippen molar-refractivity contribution in [1.29, 1.82) is 0 Å². The SMILES string of the molecule is OOOSc1cc(O)c2c3cc(cc2c1)C3. The maximum atomic E-state index is 9.89. The van der Waals surface area contributed by atoms with Gasteiger partial charge in [-0.05, 0) is 35.1 Å². The Labute approximate surface area is 95.5 Å². The summed E-state index contributed by atoms with van der Waals surface area (Å²) in [5.74, 6) is 0.225. The predicted molar refractivity (Wildman–Crippen MR) is 59.1 cm³/mol. The molecule has 16 heavy (non-hydrogen) atoms. The minimum atomic E-state index is 0.225. The number of rotatable bonds is 3. The highest BCUT2D eigenvalue weighted by Gasteiger charge is 2.17. The lowest BCUT2D eigenvalue weighted by Crippen LogP contribution is -2.01. The molecule has 2 aliphatic carbocycles. The van der Waals surface area contributed by atoms with E-state index < -0.39 is 0 Å². The summed E-state index contributed by atoms with van der Waals surface area (Å²) in [5.41, 5.74) is 2.43. The van der Waals surface area contributed by atoms with Crippen molar-refractivity contribution in [3.8, 4) is 5.75 Å². The van der Waals surface area contributed by atoms with E-state index in [-0.39, 0.29) is 5.75 Å². The Balaban J connectivity index is 2.10. The van der Waals surface area contributed by atoms with Crippen LogP contribution in [0.3, 0.4) is 0 Å². The summed E-state index contributed by atoms with van der Waals surface area (Å²) in [6.07, 6.45) is 0.934. The van der Waals surface area contributed by atoms with Gasteiger partial charge < -0.3 is 5.11 Å². The Morgan fingerprint density at radius 3 is 2.75 bits per heavy atom. The van der Waals surface area contributed by atoms with E-state index in [9.17, 15) is 5.11 Å². The number of phenolic OH excluding ortho intramolecular Hbond substituents is 1. The zero-order valence-electron chi connectivity index (χ0n) is 8.14. The van der Waals surface area contributed by atoms with E-state index in [1.165, 1.54) is 11.1 Å². The van der Waals surface area contributed by atoms with Gasteiger partial charge in [0.15, 0.2) is 0 Å². The van der Waals surface area contributed by atoms with E-state index in [1.807, 2.05) is 12.1 Å². The lowest BCUT2D eigenvalue weighted by molar-refractivity contribution is -0.432. The third-order valence-corrected chi connectivity index (χ3v) is 3.26. The molecule has 0 atom stereocenters. The zero-order valence-corrected chi connectivity index (χ0v) is 8.95. The van der Waals surface area contributed by atoms with Crippen LogP contribution in [0.15, 0.2) is 29.2 Å². The van der Waals surface area contributed by atoms with Crippen LogP contribution in [0.2, 0.25) is 0 Å². The quantitative estimate of drug-likeness (QED) is 0.416. The first-order valence-corrected chi connectivity index (χ1v) is 5.45. The van der Waals surface area contributed by atoms with Crippen molar-refractivity contribution in [2.24, 2.45) is 0 Å². The molecule has 0 saturated carbocycles. The van der Waals surface area contributed by atoms with Crippen molar-refractivity contribution < 1.29 is 19.7 Å². The second kappa shape index (κ2) is 3.64. The first-order chi connectivity index (χ1) is 7.78. The summed E-state index contributed by atoms with van der Waals surface area (Å²) in [6.45, 7) is 0. The van der Waals surface area contributed by atoms with Crippen LogP contribution >= 0.6 is 12.0 Å². The average molecular weight is 236 g/mol. The molecule has 0 fully saturated rings. The van der Waals surface area contributed by atoms with Gasteiger partial charge in [0.2, 0.25) is 0 Å². The molecule has 0 unspecified atom stereocenters. The van der Waals surface area contributed by atoms with Crippen molar-refractivity contribution in [1.82, 2.24) is 0 Å². The molecule has 0 radical (unpaired) electrons. The van der Waals surface area contributed by atoms with Crippen LogP contribution in [0, 0.1) is 0 Å². The second-order valence-electron chi connectivity index (χ2n) is 3.70. The van der Waals surface area contributed by atoms with Crippen LogP contribution in [-0.4, -0.2) is 10.4 Å². The fourth-order valence-electron chi connectivity index (χ4n) is 2.06. The normalized spacial score (nSPS) is 12.8. The number of benzene rings is 2. The molecule has 2 aliphatic rings. The second-order valence-corrected chi connectivity index (χ2v) is 4.47. The summed E-state index contributed by atoms with van der Waals surface area (Å²) in [6, 6.07) is 7.57. The largest absolute Gasteiger partial charge is 0.507 e. The Morgan fingerprint density at radius 2 is 2.00 bits per heavy atom. The molecule has 4 rings (SSSR count). The van der Waals surface area contributed by atoms with Crippen LogP contribution < -0.4 is 0 Å². The van der Waals surface area contributed by atoms with E-state index in [4.69, 9.17) is 5.26 Å². The molecule has 0 aliphatic heterocycles. The lowest BCUT2D eigenvalue weighted by atomic mass is 9.87. The van der Waals surface area contributed by atoms with E-state index in [0.717, 1.165) is 29.2 Å². The van der Waals surface area contributed by atoms with E-state index in [2.05, 4.69) is 15.4 Å². The van der Waals surface area contributed by atoms with Crippen LogP contribution in [0.5, 0.6) is 5.75 Å². The van der Waals surface area contributed by atoms with Gasteiger partial charge in [0, 0.05) is 10.3 Å². The zero-order chi connectivity index (χ0) is 11.1. The fraction of sp³-hybridized carbons (Fsp3) is 0.0909. The standard InChI is InChI=1S/C11H8O4S/c12-10-5-9(16-15-14-13)4-8-3-6-1-7(2-6)11(8)10/h1,3-5,12-13H,2H2. The summed E-state index contributed by atoms with van der Waals surface area (Å²) in [7, 11) is 0. The highest BCUT2D eigenvalue weighted by molar-refractivity contribution is 7.94. The van der Waals surface area contributed by atoms with Gasteiger partial charge in [-0.1, -0.05) is 17.2 Å². The van der Waals surface area contributed by atoms with E-state index >= 15 is 0 Å². The smallest absolute Gasteiger partial charge is 0.124 e. The number of aromatic hydroxyl groups is 1. The molecular formula is C11H8O4S. The van der Waals surface area contributed by atoms with E-state index in [0.29, 0.717) is 4.90 Å². The molecule has 2 N–H and O–H groups in total. The van der Waals surface area contributed by atoms with Crippen molar-refractivity contribution in [3.05, 3.63) is 35.4 Å². The van der Waals surface area contributed by atoms with Crippen molar-refractivity contribution in [3.63, 3.8) is 0 Å². The first-order valence-electron chi connectivity index (χ1n) is 4.71. The van der Waals surface area contributed by atoms with Gasteiger partial charge in [0.1, 0.15) is 5.75 Å². The van der Waals surface area contributed by atoms with Crippen LogP contribution in [0.4, 0.5) is 0 Å². The maximum absolute atomic E-state index is 9.89. The van der Waals surface area contributed by atoms with Crippen molar-refractivity contribution in [2.75, 3.05) is 0 Å². The van der Waals surface area contributed by atoms with Crippen LogP contribution in [0.25, 0.3) is 10.8 Å². The molecule has 2 bridgehead atoms. The van der Waals surface area contributed by atoms with Gasteiger partial charge in [-0.2, -0.15) is 0 Å². The van der Waals surface area contributed by atoms with Gasteiger partial charge in [-0.3, -0.25) is 0 Å². The molecule has 4 nitrogen and oxygen atoms in total. The van der Waals surface area contributed by atoms with Crippen molar-refractivity contribution in [2.45, 2.75) is 11.3 Å². The van der Waals surface area contributed by atoms with Gasteiger partial charge in [-0.15, -0.1) is 4.33 Å². The molecular weight excluding hydrogens is 228 g/mol. The van der Waals surface area contributed by atoms with Crippen LogP contribution in [0.1, 0.15) is 11.1 Å². The highest BCUT2D eigenvalue weighted by atomic mass is 32.2. The summed E-state index contributed by atoms with van der Waals surface area (Å²) in [5, 5.41) is 23.3. The van der Waals surface area contributed by atoms with E-state index in [1.54, 1.807) is 6.07 Å². The monoisotopic (exact) mass is 236 g/mol. The Hall–Kier alpha value is -1.27. The number of hydrogen-bond acceptors (Lipinski definition) is 5. The Morgan fingerprint density at radius 1 is 1.19 bits per heavy atom. The van der Waals surface area contributed by atoms with Crippen molar-refractivity contribution >= 4 is 22.8 Å².